The van der Waals surface area contributed by atoms with Gasteiger partial charge in [0, 0.05) is 0 Å². The maximum absolute atomic E-state index is 2.32. The Kier molecular flexibility index (Phi) is 9.05. The van der Waals surface area contributed by atoms with Crippen molar-refractivity contribution in [1.29, 1.82) is 0 Å². The van der Waals surface area contributed by atoms with E-state index in [0.29, 0.717) is 0 Å². The summed E-state index contributed by atoms with van der Waals surface area (Å²) in [6, 6.07) is 0. The van der Waals surface area contributed by atoms with Crippen molar-refractivity contribution >= 4 is 16.3 Å². The highest BCUT2D eigenvalue weighted by Gasteiger charge is 1.93. The zero-order valence-corrected chi connectivity index (χ0v) is 10.5. The van der Waals surface area contributed by atoms with E-state index in [-0.39, 0.29) is 0 Å². The predicted octanol–water partition coefficient (Wildman–Crippen LogP) is 3.03. The highest BCUT2D eigenvalue weighted by Crippen LogP contribution is 2.10. The maximum atomic E-state index is 2.32. The Morgan fingerprint density at radius 3 is 2.00 bits per heavy atom. The third-order valence-corrected chi connectivity index (χ3v) is 2.84. The van der Waals surface area contributed by atoms with E-state index in [4.69, 9.17) is 0 Å². The SMILES string of the molecule is CC(C)CCCCCC[CH2][AlH2]. The van der Waals surface area contributed by atoms with Crippen molar-refractivity contribution in [3.63, 3.8) is 0 Å². The minimum Gasteiger partial charge on any atom is -0.101 e. The molecule has 0 rings (SSSR count). The van der Waals surface area contributed by atoms with E-state index in [2.05, 4.69) is 13.8 Å². The molecule has 0 saturated carbocycles. The van der Waals surface area contributed by atoms with Crippen LogP contribution in [-0.4, -0.2) is 16.3 Å². The average Bonchev–Trinajstić information content (AvgIpc) is 1.96. The summed E-state index contributed by atoms with van der Waals surface area (Å²) < 4.78 is 0. The van der Waals surface area contributed by atoms with Gasteiger partial charge in [0.15, 0.2) is 0 Å². The van der Waals surface area contributed by atoms with Crippen LogP contribution >= 0.6 is 0 Å². The number of hydrogen-bond donors (Lipinski definition) is 0. The first-order valence-corrected chi connectivity index (χ1v) is 6.68. The molecule has 1 heteroatoms. The third-order valence-electron chi connectivity index (χ3n) is 2.14. The topological polar surface area (TPSA) is 0 Å². The molecular weight excluding hydrogens is 147 g/mol. The molecule has 66 valence electrons. The van der Waals surface area contributed by atoms with E-state index in [1.807, 2.05) is 0 Å². The number of hydrogen-bond acceptors (Lipinski definition) is 0. The van der Waals surface area contributed by atoms with Gasteiger partial charge >= 0.3 is 0 Å². The molecule has 11 heavy (non-hydrogen) atoms. The van der Waals surface area contributed by atoms with Gasteiger partial charge in [0.05, 0.1) is 0 Å². The van der Waals surface area contributed by atoms with Gasteiger partial charge in [0.25, 0.3) is 0 Å². The monoisotopic (exact) mass is 170 g/mol. The molecule has 0 unspecified atom stereocenters. The largest absolute Gasteiger partial charge is 0.211 e. The van der Waals surface area contributed by atoms with Gasteiger partial charge in [-0.3, -0.25) is 0 Å². The minimum absolute atomic E-state index is 0.911. The van der Waals surface area contributed by atoms with Crippen molar-refractivity contribution in [2.75, 3.05) is 0 Å². The smallest absolute Gasteiger partial charge is 0.101 e. The molecule has 0 spiro atoms. The van der Waals surface area contributed by atoms with Crippen molar-refractivity contribution in [3.05, 3.63) is 0 Å². The first kappa shape index (κ1) is 11.5. The second-order valence-electron chi connectivity index (χ2n) is 3.95. The second-order valence-corrected chi connectivity index (χ2v) is 4.95. The molecule has 0 N–H and O–H groups in total. The van der Waals surface area contributed by atoms with Gasteiger partial charge in [-0.2, -0.15) is 0 Å². The lowest BCUT2D eigenvalue weighted by molar-refractivity contribution is 0.518. The standard InChI is InChI=1S/C10H21.Al.2H/c1-4-5-6-7-8-9-10(2)3;;;/h10H,1,4-9H2,2-3H3;;;. The quantitative estimate of drug-likeness (QED) is 0.407. The predicted molar refractivity (Wildman–Crippen MR) is 55.9 cm³/mol. The lowest BCUT2D eigenvalue weighted by Crippen LogP contribution is -1.86. The molecule has 0 aliphatic heterocycles. The summed E-state index contributed by atoms with van der Waals surface area (Å²) in [6.07, 6.45) is 8.82. The summed E-state index contributed by atoms with van der Waals surface area (Å²) in [5.41, 5.74) is 0. The third kappa shape index (κ3) is 10.5. The first-order valence-electron chi connectivity index (χ1n) is 5.27. The van der Waals surface area contributed by atoms with E-state index < -0.39 is 0 Å². The number of unbranched alkanes of at least 4 members (excludes halogenated alkanes) is 4. The molecule has 0 heterocycles. The normalized spacial score (nSPS) is 10.8. The Hall–Kier alpha value is 0.532. The maximum Gasteiger partial charge on any atom is 0.211 e. The summed E-state index contributed by atoms with van der Waals surface area (Å²) >= 11 is 1.41. The lowest BCUT2D eigenvalue weighted by atomic mass is 10.0. The zero-order valence-electron chi connectivity index (χ0n) is 8.53. The van der Waals surface area contributed by atoms with Gasteiger partial charge in [-0.1, -0.05) is 52.4 Å². The van der Waals surface area contributed by atoms with Crippen LogP contribution in [0.1, 0.15) is 52.4 Å². The molecule has 0 aromatic rings. The van der Waals surface area contributed by atoms with Crippen LogP contribution in [0.15, 0.2) is 0 Å². The minimum atomic E-state index is 0.911. The fraction of sp³-hybridized carbons (Fsp3) is 1.00. The van der Waals surface area contributed by atoms with Crippen LogP contribution < -0.4 is 0 Å². The molecule has 0 atom stereocenters. The lowest BCUT2D eigenvalue weighted by Gasteiger charge is -2.03. The Morgan fingerprint density at radius 2 is 1.45 bits per heavy atom. The van der Waals surface area contributed by atoms with Gasteiger partial charge in [-0.15, -0.1) is 5.28 Å². The van der Waals surface area contributed by atoms with Gasteiger partial charge in [0.2, 0.25) is 16.3 Å². The zero-order chi connectivity index (χ0) is 8.53. The van der Waals surface area contributed by atoms with Gasteiger partial charge in [0.1, 0.15) is 0 Å². The Labute approximate surface area is 80.2 Å². The van der Waals surface area contributed by atoms with Crippen LogP contribution in [0.3, 0.4) is 0 Å². The van der Waals surface area contributed by atoms with Gasteiger partial charge in [-0.25, -0.2) is 0 Å². The molecule has 0 bridgehead atoms. The highest BCUT2D eigenvalue weighted by molar-refractivity contribution is 6.08. The molecular formula is C10H23Al. The molecule has 0 aromatic carbocycles. The second kappa shape index (κ2) is 8.63. The van der Waals surface area contributed by atoms with E-state index in [9.17, 15) is 0 Å². The average molecular weight is 170 g/mol. The molecule has 0 radical (unpaired) electrons. The van der Waals surface area contributed by atoms with Crippen molar-refractivity contribution in [1.82, 2.24) is 0 Å². The summed E-state index contributed by atoms with van der Waals surface area (Å²) in [5, 5.41) is 1.50. The molecule has 0 aliphatic carbocycles. The molecule has 0 aromatic heterocycles. The van der Waals surface area contributed by atoms with Crippen molar-refractivity contribution in [2.24, 2.45) is 5.92 Å². The molecule has 0 saturated heterocycles. The van der Waals surface area contributed by atoms with Crippen molar-refractivity contribution in [2.45, 2.75) is 57.7 Å². The molecule has 0 aliphatic rings. The fourth-order valence-electron chi connectivity index (χ4n) is 1.33. The van der Waals surface area contributed by atoms with E-state index in [1.165, 1.54) is 60.1 Å². The van der Waals surface area contributed by atoms with Gasteiger partial charge in [-0.05, 0) is 5.92 Å². The van der Waals surface area contributed by atoms with Crippen LogP contribution in [0.25, 0.3) is 0 Å². The fourth-order valence-corrected chi connectivity index (χ4v) is 1.83. The Morgan fingerprint density at radius 1 is 0.909 bits per heavy atom. The first-order chi connectivity index (χ1) is 5.27. The molecule has 0 amide bonds. The van der Waals surface area contributed by atoms with E-state index in [0.717, 1.165) is 5.92 Å². The van der Waals surface area contributed by atoms with Crippen LogP contribution in [0.5, 0.6) is 0 Å². The van der Waals surface area contributed by atoms with Crippen LogP contribution in [0, 0.1) is 5.92 Å². The summed E-state index contributed by atoms with van der Waals surface area (Å²) in [4.78, 5) is 0. The van der Waals surface area contributed by atoms with Crippen molar-refractivity contribution < 1.29 is 0 Å². The van der Waals surface area contributed by atoms with E-state index >= 15 is 0 Å². The van der Waals surface area contributed by atoms with Crippen LogP contribution in [0.4, 0.5) is 0 Å². The molecule has 0 nitrogen and oxygen atoms in total. The number of rotatable bonds is 7. The van der Waals surface area contributed by atoms with Crippen LogP contribution in [-0.2, 0) is 0 Å². The van der Waals surface area contributed by atoms with Crippen LogP contribution in [0.2, 0.25) is 5.28 Å². The molecule has 0 fully saturated rings. The highest BCUT2D eigenvalue weighted by atomic mass is 27.0. The summed E-state index contributed by atoms with van der Waals surface area (Å²) in [7, 11) is 0. The Bertz CT molecular complexity index is 69.3. The van der Waals surface area contributed by atoms with Crippen molar-refractivity contribution in [3.8, 4) is 0 Å². The van der Waals surface area contributed by atoms with E-state index in [1.54, 1.807) is 0 Å². The Balaban J connectivity index is 2.80. The summed E-state index contributed by atoms with van der Waals surface area (Å²) in [5.74, 6) is 0.911. The summed E-state index contributed by atoms with van der Waals surface area (Å²) in [6.45, 7) is 4.63. The van der Waals surface area contributed by atoms with Gasteiger partial charge < -0.3 is 0 Å².